The zero-order chi connectivity index (χ0) is 29.4. The second-order valence-electron chi connectivity index (χ2n) is 10.9. The van der Waals surface area contributed by atoms with E-state index >= 15 is 0 Å². The van der Waals surface area contributed by atoms with Crippen LogP contribution in [0.15, 0.2) is 71.9 Å². The van der Waals surface area contributed by atoms with Crippen molar-refractivity contribution < 1.29 is 13.6 Å². The molecule has 3 heterocycles. The van der Waals surface area contributed by atoms with Gasteiger partial charge >= 0.3 is 0 Å². The summed E-state index contributed by atoms with van der Waals surface area (Å²) in [6.45, 7) is 3.66. The molecule has 2 aliphatic heterocycles. The first-order chi connectivity index (χ1) is 20.2. The number of fused-ring (bicyclic) bond motifs is 3. The smallest absolute Gasteiger partial charge is 0.253 e. The maximum Gasteiger partial charge on any atom is 0.253 e. The number of aliphatic imine (C=N–C) groups is 1. The van der Waals surface area contributed by atoms with Gasteiger partial charge in [0.05, 0.1) is 23.5 Å². The van der Waals surface area contributed by atoms with Crippen molar-refractivity contribution >= 4 is 34.9 Å². The summed E-state index contributed by atoms with van der Waals surface area (Å²) in [5.41, 5.74) is 3.58. The number of rotatable bonds is 5. The molecule has 7 nitrogen and oxygen atoms in total. The Kier molecular flexibility index (Phi) is 7.47. The zero-order valence-corrected chi connectivity index (χ0v) is 24.0. The maximum absolute atomic E-state index is 14.8. The standard InChI is InChI=1S/C32H29ClF2N6O/c1-32(36-2)13-4-14-41(18-32)30(42)19-7-10-22(11-8-19)39-31-38-17-20-16-37-29(27-25(34)5-3-6-26(27)35)24-15-21(33)9-12-23(24)28(20)40-31/h3,5-12,15,17,36H,4,13-14,16,18H2,1-2H3,(H,38,39,40). The molecule has 0 radical (unpaired) electrons. The number of nitrogens with zero attached hydrogens (tertiary/aromatic N) is 4. The first kappa shape index (κ1) is 27.9. The molecule has 1 amide bonds. The van der Waals surface area contributed by atoms with Gasteiger partial charge in [-0.25, -0.2) is 18.7 Å². The predicted molar refractivity (Wildman–Crippen MR) is 161 cm³/mol. The number of aromatic nitrogens is 2. The first-order valence-corrected chi connectivity index (χ1v) is 14.1. The fourth-order valence-electron chi connectivity index (χ4n) is 5.55. The minimum absolute atomic E-state index is 0.00127. The molecular formula is C32H29ClF2N6O. The van der Waals surface area contributed by atoms with E-state index in [1.54, 1.807) is 36.5 Å². The second-order valence-corrected chi connectivity index (χ2v) is 11.3. The molecule has 2 N–H and O–H groups in total. The van der Waals surface area contributed by atoms with E-state index < -0.39 is 11.6 Å². The van der Waals surface area contributed by atoms with Gasteiger partial charge in [-0.15, -0.1) is 0 Å². The Morgan fingerprint density at radius 3 is 2.55 bits per heavy atom. The Bertz CT molecular complexity index is 1690. The molecule has 1 fully saturated rings. The number of anilines is 2. The van der Waals surface area contributed by atoms with Gasteiger partial charge in [0, 0.05) is 57.8 Å². The number of amides is 1. The largest absolute Gasteiger partial charge is 0.337 e. The molecule has 0 saturated carbocycles. The predicted octanol–water partition coefficient (Wildman–Crippen LogP) is 6.38. The average molecular weight is 587 g/mol. The number of likely N-dealkylation sites (tertiary alicyclic amines) is 1. The van der Waals surface area contributed by atoms with Crippen LogP contribution in [0.5, 0.6) is 0 Å². The highest BCUT2D eigenvalue weighted by Gasteiger charge is 2.32. The number of piperidine rings is 1. The van der Waals surface area contributed by atoms with Crippen molar-refractivity contribution in [2.45, 2.75) is 31.8 Å². The van der Waals surface area contributed by atoms with Gasteiger partial charge in [-0.3, -0.25) is 9.79 Å². The van der Waals surface area contributed by atoms with E-state index in [4.69, 9.17) is 16.6 Å². The van der Waals surface area contributed by atoms with Crippen LogP contribution in [0.2, 0.25) is 5.02 Å². The molecule has 10 heteroatoms. The number of likely N-dealkylation sites (N-methyl/N-ethyl adjacent to an activating group) is 1. The van der Waals surface area contributed by atoms with Crippen LogP contribution in [0.4, 0.5) is 20.4 Å². The van der Waals surface area contributed by atoms with Gasteiger partial charge in [0.1, 0.15) is 11.6 Å². The maximum atomic E-state index is 14.8. The van der Waals surface area contributed by atoms with Gasteiger partial charge in [0.15, 0.2) is 0 Å². The lowest BCUT2D eigenvalue weighted by Gasteiger charge is -2.40. The number of hydrogen-bond acceptors (Lipinski definition) is 6. The molecule has 1 saturated heterocycles. The van der Waals surface area contributed by atoms with Crippen LogP contribution < -0.4 is 10.6 Å². The van der Waals surface area contributed by atoms with Crippen molar-refractivity contribution in [2.24, 2.45) is 4.99 Å². The highest BCUT2D eigenvalue weighted by Crippen LogP contribution is 2.35. The average Bonchev–Trinajstić information content (AvgIpc) is 3.14. The Labute approximate surface area is 247 Å². The van der Waals surface area contributed by atoms with Crippen molar-refractivity contribution in [1.29, 1.82) is 0 Å². The fourth-order valence-corrected chi connectivity index (χ4v) is 5.72. The summed E-state index contributed by atoms with van der Waals surface area (Å²) in [6, 6.07) is 16.1. The van der Waals surface area contributed by atoms with E-state index in [1.807, 2.05) is 24.1 Å². The van der Waals surface area contributed by atoms with E-state index in [0.29, 0.717) is 51.2 Å². The van der Waals surface area contributed by atoms with Crippen LogP contribution in [0.25, 0.3) is 11.3 Å². The number of carbonyl (C=O) groups excluding carboxylic acids is 1. The van der Waals surface area contributed by atoms with Crippen molar-refractivity contribution in [2.75, 3.05) is 25.5 Å². The van der Waals surface area contributed by atoms with Gasteiger partial charge in [-0.2, -0.15) is 0 Å². The molecule has 1 aromatic heterocycles. The third-order valence-electron chi connectivity index (χ3n) is 7.94. The van der Waals surface area contributed by atoms with Crippen LogP contribution in [0.3, 0.4) is 0 Å². The molecule has 0 bridgehead atoms. The Morgan fingerprint density at radius 2 is 1.81 bits per heavy atom. The van der Waals surface area contributed by atoms with Crippen LogP contribution in [-0.4, -0.2) is 52.2 Å². The van der Waals surface area contributed by atoms with Gasteiger partial charge in [-0.05, 0) is 75.3 Å². The molecule has 4 aromatic rings. The Balaban J connectivity index is 1.27. The summed E-state index contributed by atoms with van der Waals surface area (Å²) >= 11 is 6.32. The summed E-state index contributed by atoms with van der Waals surface area (Å²) in [5, 5.41) is 6.95. The molecule has 0 aliphatic carbocycles. The topological polar surface area (TPSA) is 82.5 Å². The van der Waals surface area contributed by atoms with E-state index in [-0.39, 0.29) is 29.3 Å². The van der Waals surface area contributed by atoms with Crippen LogP contribution in [0, 0.1) is 11.6 Å². The fraction of sp³-hybridized carbons (Fsp3) is 0.250. The molecule has 1 unspecified atom stereocenters. The lowest BCUT2D eigenvalue weighted by atomic mass is 9.91. The van der Waals surface area contributed by atoms with Gasteiger partial charge in [0.25, 0.3) is 5.91 Å². The van der Waals surface area contributed by atoms with Crippen LogP contribution in [0.1, 0.15) is 46.8 Å². The second kappa shape index (κ2) is 11.2. The summed E-state index contributed by atoms with van der Waals surface area (Å²) in [7, 11) is 1.93. The molecule has 214 valence electrons. The van der Waals surface area contributed by atoms with Crippen LogP contribution >= 0.6 is 11.6 Å². The Morgan fingerprint density at radius 1 is 1.05 bits per heavy atom. The van der Waals surface area contributed by atoms with E-state index in [1.165, 1.54) is 18.2 Å². The van der Waals surface area contributed by atoms with Gasteiger partial charge in [-0.1, -0.05) is 23.7 Å². The number of halogens is 3. The normalized spacial score (nSPS) is 18.0. The molecule has 3 aromatic carbocycles. The van der Waals surface area contributed by atoms with Crippen molar-refractivity contribution in [3.05, 3.63) is 106 Å². The Hall–Kier alpha value is -4.21. The van der Waals surface area contributed by atoms with E-state index in [9.17, 15) is 13.6 Å². The lowest BCUT2D eigenvalue weighted by Crippen LogP contribution is -2.55. The highest BCUT2D eigenvalue weighted by atomic mass is 35.5. The van der Waals surface area contributed by atoms with Crippen molar-refractivity contribution in [3.8, 4) is 11.3 Å². The van der Waals surface area contributed by atoms with Gasteiger partial charge in [0.2, 0.25) is 5.95 Å². The monoisotopic (exact) mass is 586 g/mol. The lowest BCUT2D eigenvalue weighted by molar-refractivity contribution is 0.0629. The highest BCUT2D eigenvalue weighted by molar-refractivity contribution is 6.31. The third kappa shape index (κ3) is 5.37. The minimum Gasteiger partial charge on any atom is -0.337 e. The van der Waals surface area contributed by atoms with Crippen molar-refractivity contribution in [1.82, 2.24) is 20.2 Å². The summed E-state index contributed by atoms with van der Waals surface area (Å²) in [5.74, 6) is -1.09. The van der Waals surface area contributed by atoms with Crippen LogP contribution in [-0.2, 0) is 6.54 Å². The molecule has 0 spiro atoms. The number of carbonyl (C=O) groups is 1. The SMILES string of the molecule is CNC1(C)CCCN(C(=O)c2ccc(Nc3ncc4c(n3)-c3ccc(Cl)cc3C(c3c(F)cccc3F)=NC4)cc2)C1. The summed E-state index contributed by atoms with van der Waals surface area (Å²) < 4.78 is 29.6. The number of nitrogens with one attached hydrogen (secondary N) is 2. The van der Waals surface area contributed by atoms with Crippen molar-refractivity contribution in [3.63, 3.8) is 0 Å². The quantitative estimate of drug-likeness (QED) is 0.283. The molecule has 1 atom stereocenters. The molecule has 42 heavy (non-hydrogen) atoms. The number of hydrogen-bond donors (Lipinski definition) is 2. The minimum atomic E-state index is -0.711. The van der Waals surface area contributed by atoms with Gasteiger partial charge < -0.3 is 15.5 Å². The number of benzene rings is 3. The van der Waals surface area contributed by atoms with E-state index in [2.05, 4.69) is 27.5 Å². The summed E-state index contributed by atoms with van der Waals surface area (Å²) in [6.07, 6.45) is 3.64. The third-order valence-corrected chi connectivity index (χ3v) is 8.17. The zero-order valence-electron chi connectivity index (χ0n) is 23.2. The molecular weight excluding hydrogens is 558 g/mol. The summed E-state index contributed by atoms with van der Waals surface area (Å²) in [4.78, 5) is 28.8. The van der Waals surface area contributed by atoms with E-state index in [0.717, 1.165) is 19.4 Å². The first-order valence-electron chi connectivity index (χ1n) is 13.7. The molecule has 2 aliphatic rings. The molecule has 6 rings (SSSR count).